The Morgan fingerprint density at radius 2 is 1.83 bits per heavy atom. The molecule has 4 heteroatoms. The molecule has 0 aliphatic rings. The van der Waals surface area contributed by atoms with Crippen molar-refractivity contribution in [1.29, 1.82) is 0 Å². The van der Waals surface area contributed by atoms with E-state index in [1.165, 1.54) is 0 Å². The van der Waals surface area contributed by atoms with Crippen LogP contribution in [0, 0.1) is 0 Å². The van der Waals surface area contributed by atoms with Crippen molar-refractivity contribution in [2.24, 2.45) is 0 Å². The molecule has 2 N–H and O–H groups in total. The van der Waals surface area contributed by atoms with Gasteiger partial charge in [0.05, 0.1) is 13.2 Å². The first-order valence-corrected chi connectivity index (χ1v) is 7.76. The summed E-state index contributed by atoms with van der Waals surface area (Å²) >= 11 is 0. The highest BCUT2D eigenvalue weighted by atomic mass is 16.5. The van der Waals surface area contributed by atoms with Gasteiger partial charge in [0.2, 0.25) is 0 Å². The van der Waals surface area contributed by atoms with Gasteiger partial charge in [0.25, 0.3) is 5.91 Å². The third kappa shape index (κ3) is 3.55. The van der Waals surface area contributed by atoms with Crippen LogP contribution in [0.5, 0.6) is 5.75 Å². The molecule has 122 valence electrons. The molecule has 0 aliphatic carbocycles. The molecule has 0 saturated heterocycles. The highest BCUT2D eigenvalue weighted by Gasteiger charge is 2.12. The fourth-order valence-corrected chi connectivity index (χ4v) is 2.59. The largest absolute Gasteiger partial charge is 0.497 e. The second kappa shape index (κ2) is 7.15. The molecule has 0 aliphatic heterocycles. The molecule has 0 radical (unpaired) electrons. The molecule has 0 spiro atoms. The fraction of sp³-hybridized carbons (Fsp3) is 0.150. The molecule has 3 aromatic rings. The van der Waals surface area contributed by atoms with Gasteiger partial charge in [-0.05, 0) is 40.6 Å². The molecular formula is C20H19NO3. The second-order valence-corrected chi connectivity index (χ2v) is 5.56. The van der Waals surface area contributed by atoms with Crippen molar-refractivity contribution in [3.05, 3.63) is 77.9 Å². The van der Waals surface area contributed by atoms with Gasteiger partial charge in [-0.2, -0.15) is 0 Å². The van der Waals surface area contributed by atoms with Gasteiger partial charge in [0.15, 0.2) is 0 Å². The summed E-state index contributed by atoms with van der Waals surface area (Å²) in [5.74, 6) is 0.381. The molecule has 3 aromatic carbocycles. The molecule has 0 fully saturated rings. The Bertz CT molecular complexity index is 860. The lowest BCUT2D eigenvalue weighted by molar-refractivity contribution is 0.0916. The van der Waals surface area contributed by atoms with Crippen LogP contribution in [0.4, 0.5) is 0 Å². The Labute approximate surface area is 140 Å². The summed E-state index contributed by atoms with van der Waals surface area (Å²) in [6.45, 7) is 0.147. The van der Waals surface area contributed by atoms with Gasteiger partial charge in [0, 0.05) is 12.1 Å². The number of nitrogens with one attached hydrogen (secondary N) is 1. The summed E-state index contributed by atoms with van der Waals surface area (Å²) in [5.41, 5.74) is 1.28. The van der Waals surface area contributed by atoms with E-state index in [1.54, 1.807) is 31.4 Å². The van der Waals surface area contributed by atoms with Gasteiger partial charge in [-0.15, -0.1) is 0 Å². The van der Waals surface area contributed by atoms with Crippen LogP contribution in [0.25, 0.3) is 10.8 Å². The molecule has 3 rings (SSSR count). The zero-order valence-corrected chi connectivity index (χ0v) is 13.4. The lowest BCUT2D eigenvalue weighted by atomic mass is 10.0. The van der Waals surface area contributed by atoms with Crippen molar-refractivity contribution in [3.8, 4) is 5.75 Å². The SMILES string of the molecule is COc1cccc(C(=O)NCC(O)c2ccc3ccccc3c2)c1. The van der Waals surface area contributed by atoms with Gasteiger partial charge < -0.3 is 15.2 Å². The van der Waals surface area contributed by atoms with Crippen LogP contribution in [0.1, 0.15) is 22.0 Å². The first kappa shape index (κ1) is 16.0. The number of carbonyl (C=O) groups is 1. The number of hydrogen-bond donors (Lipinski definition) is 2. The van der Waals surface area contributed by atoms with E-state index in [0.29, 0.717) is 11.3 Å². The van der Waals surface area contributed by atoms with E-state index in [0.717, 1.165) is 16.3 Å². The predicted molar refractivity (Wildman–Crippen MR) is 94.2 cm³/mol. The van der Waals surface area contributed by atoms with Crippen molar-refractivity contribution >= 4 is 16.7 Å². The first-order chi connectivity index (χ1) is 11.7. The maximum Gasteiger partial charge on any atom is 0.251 e. The van der Waals surface area contributed by atoms with Gasteiger partial charge in [0.1, 0.15) is 5.75 Å². The van der Waals surface area contributed by atoms with E-state index in [4.69, 9.17) is 4.74 Å². The van der Waals surface area contributed by atoms with Crippen molar-refractivity contribution in [2.45, 2.75) is 6.10 Å². The second-order valence-electron chi connectivity index (χ2n) is 5.56. The lowest BCUT2D eigenvalue weighted by Crippen LogP contribution is -2.28. The first-order valence-electron chi connectivity index (χ1n) is 7.76. The van der Waals surface area contributed by atoms with Crippen LogP contribution in [0.15, 0.2) is 66.7 Å². The topological polar surface area (TPSA) is 58.6 Å². The normalized spacial score (nSPS) is 11.9. The molecule has 0 saturated carbocycles. The van der Waals surface area contributed by atoms with Gasteiger partial charge in [-0.3, -0.25) is 4.79 Å². The Kier molecular flexibility index (Phi) is 4.77. The Hall–Kier alpha value is -2.85. The summed E-state index contributed by atoms with van der Waals surface area (Å²) in [6, 6.07) is 20.7. The number of hydrogen-bond acceptors (Lipinski definition) is 3. The minimum atomic E-state index is -0.760. The van der Waals surface area contributed by atoms with Crippen molar-refractivity contribution < 1.29 is 14.6 Å². The van der Waals surface area contributed by atoms with Crippen molar-refractivity contribution in [2.75, 3.05) is 13.7 Å². The minimum absolute atomic E-state index is 0.147. The van der Waals surface area contributed by atoms with Crippen LogP contribution >= 0.6 is 0 Å². The highest BCUT2D eigenvalue weighted by Crippen LogP contribution is 2.20. The molecule has 1 amide bonds. The van der Waals surface area contributed by atoms with Gasteiger partial charge in [-0.1, -0.05) is 42.5 Å². The summed E-state index contributed by atoms with van der Waals surface area (Å²) in [5, 5.41) is 15.3. The lowest BCUT2D eigenvalue weighted by Gasteiger charge is -2.13. The number of aliphatic hydroxyl groups is 1. The number of fused-ring (bicyclic) bond motifs is 1. The monoisotopic (exact) mass is 321 g/mol. The molecule has 0 aromatic heterocycles. The molecular weight excluding hydrogens is 302 g/mol. The number of carbonyl (C=O) groups excluding carboxylic acids is 1. The van der Waals surface area contributed by atoms with Gasteiger partial charge >= 0.3 is 0 Å². The summed E-state index contributed by atoms with van der Waals surface area (Å²) in [7, 11) is 1.56. The summed E-state index contributed by atoms with van der Waals surface area (Å²) < 4.78 is 5.11. The number of ether oxygens (including phenoxy) is 1. The van der Waals surface area contributed by atoms with Crippen LogP contribution < -0.4 is 10.1 Å². The summed E-state index contributed by atoms with van der Waals surface area (Å²) in [4.78, 5) is 12.2. The zero-order valence-electron chi connectivity index (χ0n) is 13.4. The van der Waals surface area contributed by atoms with E-state index in [2.05, 4.69) is 5.32 Å². The number of amides is 1. The van der Waals surface area contributed by atoms with Crippen LogP contribution in [0.2, 0.25) is 0 Å². The third-order valence-electron chi connectivity index (χ3n) is 3.95. The molecule has 4 nitrogen and oxygen atoms in total. The number of benzene rings is 3. The third-order valence-corrected chi connectivity index (χ3v) is 3.95. The zero-order chi connectivity index (χ0) is 16.9. The van der Waals surface area contributed by atoms with Crippen LogP contribution in [-0.2, 0) is 0 Å². The quantitative estimate of drug-likeness (QED) is 0.758. The highest BCUT2D eigenvalue weighted by molar-refractivity contribution is 5.94. The Balaban J connectivity index is 1.67. The molecule has 24 heavy (non-hydrogen) atoms. The molecule has 0 heterocycles. The van der Waals surface area contributed by atoms with E-state index in [-0.39, 0.29) is 12.5 Å². The van der Waals surface area contributed by atoms with Crippen LogP contribution in [-0.4, -0.2) is 24.7 Å². The van der Waals surface area contributed by atoms with Gasteiger partial charge in [-0.25, -0.2) is 0 Å². The maximum atomic E-state index is 12.2. The maximum absolute atomic E-state index is 12.2. The van der Waals surface area contributed by atoms with E-state index >= 15 is 0 Å². The smallest absolute Gasteiger partial charge is 0.251 e. The Morgan fingerprint density at radius 3 is 2.62 bits per heavy atom. The van der Waals surface area contributed by atoms with Crippen molar-refractivity contribution in [3.63, 3.8) is 0 Å². The predicted octanol–water partition coefficient (Wildman–Crippen LogP) is 3.31. The fourth-order valence-electron chi connectivity index (χ4n) is 2.59. The Morgan fingerprint density at radius 1 is 1.04 bits per heavy atom. The van der Waals surface area contributed by atoms with Crippen molar-refractivity contribution in [1.82, 2.24) is 5.32 Å². The average Bonchev–Trinajstić information content (AvgIpc) is 2.65. The molecule has 1 unspecified atom stereocenters. The van der Waals surface area contributed by atoms with E-state index in [9.17, 15) is 9.90 Å². The molecule has 0 bridgehead atoms. The minimum Gasteiger partial charge on any atom is -0.497 e. The summed E-state index contributed by atoms with van der Waals surface area (Å²) in [6.07, 6.45) is -0.760. The number of methoxy groups -OCH3 is 1. The van der Waals surface area contributed by atoms with E-state index < -0.39 is 6.10 Å². The standard InChI is InChI=1S/C20H19NO3/c1-24-18-8-4-7-17(12-18)20(23)21-13-19(22)16-10-9-14-5-2-3-6-15(14)11-16/h2-12,19,22H,13H2,1H3,(H,21,23). The van der Waals surface area contributed by atoms with Crippen LogP contribution in [0.3, 0.4) is 0 Å². The number of aliphatic hydroxyl groups excluding tert-OH is 1. The molecule has 1 atom stereocenters. The average molecular weight is 321 g/mol. The van der Waals surface area contributed by atoms with E-state index in [1.807, 2.05) is 42.5 Å². The number of rotatable bonds is 5.